The summed E-state index contributed by atoms with van der Waals surface area (Å²) in [5.41, 5.74) is 1.06. The number of aliphatic hydroxyl groups is 1. The van der Waals surface area contributed by atoms with Crippen molar-refractivity contribution in [1.82, 2.24) is 10.2 Å². The Kier molecular flexibility index (Phi) is 4.79. The molecular formula is C12H18N2O2. The lowest BCUT2D eigenvalue weighted by Crippen LogP contribution is -2.39. The number of hydrogen-bond acceptors (Lipinski definition) is 2. The van der Waals surface area contributed by atoms with Crippen LogP contribution in [0.4, 0.5) is 4.79 Å². The number of hydrogen-bond donors (Lipinski definition) is 2. The molecule has 0 aliphatic heterocycles. The van der Waals surface area contributed by atoms with Gasteiger partial charge >= 0.3 is 6.03 Å². The highest BCUT2D eigenvalue weighted by Crippen LogP contribution is 2.11. The van der Waals surface area contributed by atoms with E-state index < -0.39 is 0 Å². The van der Waals surface area contributed by atoms with Crippen LogP contribution in [0.15, 0.2) is 30.3 Å². The van der Waals surface area contributed by atoms with Gasteiger partial charge in [-0.3, -0.25) is 0 Å². The molecule has 2 amide bonds. The van der Waals surface area contributed by atoms with Crippen LogP contribution in [0.2, 0.25) is 0 Å². The summed E-state index contributed by atoms with van der Waals surface area (Å²) in [5.74, 6) is 0. The molecule has 0 radical (unpaired) electrons. The Hall–Kier alpha value is -1.55. The molecule has 1 aromatic rings. The first kappa shape index (κ1) is 12.5. The minimum Gasteiger partial charge on any atom is -0.395 e. The Labute approximate surface area is 95.9 Å². The van der Waals surface area contributed by atoms with Crippen molar-refractivity contribution in [3.63, 3.8) is 0 Å². The van der Waals surface area contributed by atoms with Gasteiger partial charge in [0.1, 0.15) is 0 Å². The van der Waals surface area contributed by atoms with Crippen LogP contribution >= 0.6 is 0 Å². The molecule has 0 spiro atoms. The molecule has 88 valence electrons. The largest absolute Gasteiger partial charge is 0.395 e. The summed E-state index contributed by atoms with van der Waals surface area (Å²) in [4.78, 5) is 13.1. The summed E-state index contributed by atoms with van der Waals surface area (Å²) in [6.45, 7) is 2.25. The SMILES string of the molecule is CC(NC(=O)N(C)CCO)c1ccccc1. The van der Waals surface area contributed by atoms with E-state index in [2.05, 4.69) is 5.32 Å². The Morgan fingerprint density at radius 3 is 2.62 bits per heavy atom. The maximum Gasteiger partial charge on any atom is 0.317 e. The summed E-state index contributed by atoms with van der Waals surface area (Å²) in [6, 6.07) is 9.55. The number of amides is 2. The Morgan fingerprint density at radius 2 is 2.06 bits per heavy atom. The molecule has 1 atom stereocenters. The maximum absolute atomic E-state index is 11.6. The fourth-order valence-electron chi connectivity index (χ4n) is 1.37. The third-order valence-corrected chi connectivity index (χ3v) is 2.42. The highest BCUT2D eigenvalue weighted by molar-refractivity contribution is 5.74. The Morgan fingerprint density at radius 1 is 1.44 bits per heavy atom. The van der Waals surface area contributed by atoms with Crippen LogP contribution in [0, 0.1) is 0 Å². The number of urea groups is 1. The number of nitrogens with zero attached hydrogens (tertiary/aromatic N) is 1. The second-order valence-corrected chi connectivity index (χ2v) is 3.73. The normalized spacial score (nSPS) is 11.9. The van der Waals surface area contributed by atoms with E-state index in [4.69, 9.17) is 5.11 Å². The van der Waals surface area contributed by atoms with Crippen LogP contribution in [-0.2, 0) is 0 Å². The summed E-state index contributed by atoms with van der Waals surface area (Å²) in [5, 5.41) is 11.6. The predicted molar refractivity (Wildman–Crippen MR) is 63.1 cm³/mol. The van der Waals surface area contributed by atoms with Crippen LogP contribution < -0.4 is 5.32 Å². The zero-order chi connectivity index (χ0) is 12.0. The summed E-state index contributed by atoms with van der Waals surface area (Å²) < 4.78 is 0. The quantitative estimate of drug-likeness (QED) is 0.808. The Balaban J connectivity index is 2.51. The van der Waals surface area contributed by atoms with Gasteiger partial charge in [-0.05, 0) is 12.5 Å². The van der Waals surface area contributed by atoms with Gasteiger partial charge in [0.25, 0.3) is 0 Å². The second-order valence-electron chi connectivity index (χ2n) is 3.73. The predicted octanol–water partition coefficient (Wildman–Crippen LogP) is 1.38. The van der Waals surface area contributed by atoms with Gasteiger partial charge in [0.2, 0.25) is 0 Å². The number of benzene rings is 1. The van der Waals surface area contributed by atoms with E-state index in [0.29, 0.717) is 6.54 Å². The number of rotatable bonds is 4. The number of nitrogens with one attached hydrogen (secondary N) is 1. The molecule has 0 aliphatic rings. The zero-order valence-corrected chi connectivity index (χ0v) is 9.68. The van der Waals surface area contributed by atoms with Crippen molar-refractivity contribution in [2.24, 2.45) is 0 Å². The van der Waals surface area contributed by atoms with E-state index in [1.165, 1.54) is 4.90 Å². The van der Waals surface area contributed by atoms with Crippen molar-refractivity contribution >= 4 is 6.03 Å². The maximum atomic E-state index is 11.6. The highest BCUT2D eigenvalue weighted by Gasteiger charge is 2.12. The van der Waals surface area contributed by atoms with Crippen LogP contribution in [-0.4, -0.2) is 36.2 Å². The molecule has 0 fully saturated rings. The van der Waals surface area contributed by atoms with Gasteiger partial charge < -0.3 is 15.3 Å². The molecule has 4 heteroatoms. The fraction of sp³-hybridized carbons (Fsp3) is 0.417. The van der Waals surface area contributed by atoms with Crippen molar-refractivity contribution in [3.8, 4) is 0 Å². The van der Waals surface area contributed by atoms with E-state index in [9.17, 15) is 4.79 Å². The standard InChI is InChI=1S/C12H18N2O2/c1-10(11-6-4-3-5-7-11)13-12(16)14(2)8-9-15/h3-7,10,15H,8-9H2,1-2H3,(H,13,16). The topological polar surface area (TPSA) is 52.6 Å². The first-order chi connectivity index (χ1) is 7.65. The molecule has 2 N–H and O–H groups in total. The van der Waals surface area contributed by atoms with Crippen LogP contribution in [0.1, 0.15) is 18.5 Å². The minimum absolute atomic E-state index is 0.0242. The molecule has 0 saturated heterocycles. The van der Waals surface area contributed by atoms with Crippen molar-refractivity contribution in [1.29, 1.82) is 0 Å². The first-order valence-corrected chi connectivity index (χ1v) is 5.32. The summed E-state index contributed by atoms with van der Waals surface area (Å²) >= 11 is 0. The molecule has 4 nitrogen and oxygen atoms in total. The number of carbonyl (C=O) groups excluding carboxylic acids is 1. The van der Waals surface area contributed by atoms with E-state index in [0.717, 1.165) is 5.56 Å². The third-order valence-electron chi connectivity index (χ3n) is 2.42. The average molecular weight is 222 g/mol. The lowest BCUT2D eigenvalue weighted by atomic mass is 10.1. The minimum atomic E-state index is -0.176. The van der Waals surface area contributed by atoms with Crippen molar-refractivity contribution in [3.05, 3.63) is 35.9 Å². The Bertz CT molecular complexity index is 327. The molecule has 0 heterocycles. The molecule has 1 unspecified atom stereocenters. The van der Waals surface area contributed by atoms with Crippen molar-refractivity contribution < 1.29 is 9.90 Å². The highest BCUT2D eigenvalue weighted by atomic mass is 16.3. The first-order valence-electron chi connectivity index (χ1n) is 5.32. The number of aliphatic hydroxyl groups excluding tert-OH is 1. The van der Waals surface area contributed by atoms with Gasteiger partial charge in [0.05, 0.1) is 12.6 Å². The number of carbonyl (C=O) groups is 1. The van der Waals surface area contributed by atoms with Gasteiger partial charge in [-0.2, -0.15) is 0 Å². The van der Waals surface area contributed by atoms with E-state index >= 15 is 0 Å². The average Bonchev–Trinajstić information content (AvgIpc) is 2.30. The second kappa shape index (κ2) is 6.12. The van der Waals surface area contributed by atoms with Gasteiger partial charge in [-0.15, -0.1) is 0 Å². The molecule has 1 rings (SSSR count). The summed E-state index contributed by atoms with van der Waals surface area (Å²) in [6.07, 6.45) is 0. The molecule has 0 bridgehead atoms. The van der Waals surface area contributed by atoms with Gasteiger partial charge in [-0.25, -0.2) is 4.79 Å². The van der Waals surface area contributed by atoms with Gasteiger partial charge in [0, 0.05) is 13.6 Å². The monoisotopic (exact) mass is 222 g/mol. The van der Waals surface area contributed by atoms with Crippen molar-refractivity contribution in [2.45, 2.75) is 13.0 Å². The molecular weight excluding hydrogens is 204 g/mol. The number of likely N-dealkylation sites (N-methyl/N-ethyl adjacent to an activating group) is 1. The van der Waals surface area contributed by atoms with E-state index in [1.54, 1.807) is 7.05 Å². The van der Waals surface area contributed by atoms with Gasteiger partial charge in [-0.1, -0.05) is 30.3 Å². The lowest BCUT2D eigenvalue weighted by Gasteiger charge is -2.20. The van der Waals surface area contributed by atoms with Crippen LogP contribution in [0.25, 0.3) is 0 Å². The molecule has 0 saturated carbocycles. The zero-order valence-electron chi connectivity index (χ0n) is 9.68. The smallest absolute Gasteiger partial charge is 0.317 e. The van der Waals surface area contributed by atoms with Crippen LogP contribution in [0.5, 0.6) is 0 Å². The van der Waals surface area contributed by atoms with Crippen molar-refractivity contribution in [2.75, 3.05) is 20.2 Å². The van der Waals surface area contributed by atoms with Gasteiger partial charge in [0.15, 0.2) is 0 Å². The molecule has 0 aromatic heterocycles. The van der Waals surface area contributed by atoms with E-state index in [1.807, 2.05) is 37.3 Å². The molecule has 1 aromatic carbocycles. The lowest BCUT2D eigenvalue weighted by molar-refractivity contribution is 0.188. The van der Waals surface area contributed by atoms with E-state index in [-0.39, 0.29) is 18.7 Å². The molecule has 0 aliphatic carbocycles. The molecule has 16 heavy (non-hydrogen) atoms. The third kappa shape index (κ3) is 3.55. The fourth-order valence-corrected chi connectivity index (χ4v) is 1.37. The summed E-state index contributed by atoms with van der Waals surface area (Å²) in [7, 11) is 1.66. The van der Waals surface area contributed by atoms with Crippen LogP contribution in [0.3, 0.4) is 0 Å².